The van der Waals surface area contributed by atoms with E-state index >= 15 is 0 Å². The molecule has 0 radical (unpaired) electrons. The Labute approximate surface area is 804 Å². The minimum Gasteiger partial charge on any atom is -0.438 e. The largest absolute Gasteiger partial charge is 0.510 e. The van der Waals surface area contributed by atoms with Gasteiger partial charge in [0.1, 0.15) is 31.5 Å². The number of methoxy groups -OCH3 is 1. The number of nitrogen functional groups attached to an aromatic ring is 4. The van der Waals surface area contributed by atoms with Crippen LogP contribution in [0.25, 0.3) is 44.7 Å². The number of fused-ring (bicyclic) bond motifs is 4. The Balaban J connectivity index is 0.000000194. The summed E-state index contributed by atoms with van der Waals surface area (Å²) in [4.78, 5) is 136. The van der Waals surface area contributed by atoms with Gasteiger partial charge >= 0.3 is 55.0 Å². The molecule has 8 heterocycles. The third-order valence-electron chi connectivity index (χ3n) is 19.4. The van der Waals surface area contributed by atoms with E-state index in [0.29, 0.717) is 22.6 Å². The lowest BCUT2D eigenvalue weighted by atomic mass is 10.2. The van der Waals surface area contributed by atoms with E-state index in [4.69, 9.17) is 106 Å². The quantitative estimate of drug-likeness (QED) is 0.00577. The van der Waals surface area contributed by atoms with E-state index in [1.54, 1.807) is 32.1 Å². The van der Waals surface area contributed by atoms with Crippen LogP contribution in [-0.4, -0.2) is 208 Å². The molecule has 0 bridgehead atoms. The van der Waals surface area contributed by atoms with Gasteiger partial charge in [0.15, 0.2) is 44.7 Å². The first kappa shape index (κ1) is 110. The number of aryl methyl sites for hydroxylation is 4. The van der Waals surface area contributed by atoms with Gasteiger partial charge in [0, 0.05) is 26.2 Å². The maximum absolute atomic E-state index is 13.3. The number of aromatic amines is 4. The predicted molar refractivity (Wildman–Crippen MR) is 505 cm³/mol. The van der Waals surface area contributed by atoms with Crippen LogP contribution >= 0.6 is 30.4 Å². The normalized spacial score (nSPS) is 13.8. The van der Waals surface area contributed by atoms with Gasteiger partial charge in [0.05, 0.1) is 98.0 Å². The fraction of sp³-hybridized carbons (Fsp3) is 0.435. The van der Waals surface area contributed by atoms with Crippen molar-refractivity contribution in [2.24, 2.45) is 5.92 Å². The summed E-state index contributed by atoms with van der Waals surface area (Å²) < 4.78 is 163. The average Bonchev–Trinajstić information content (AvgIpc) is 1.61. The minimum absolute atomic E-state index is 0.00270. The molecule has 0 aliphatic heterocycles. The molecule has 8 aromatic heterocycles. The summed E-state index contributed by atoms with van der Waals surface area (Å²) in [5.74, 6) is -0.0151. The van der Waals surface area contributed by atoms with E-state index < -0.39 is 130 Å². The maximum atomic E-state index is 13.3. The van der Waals surface area contributed by atoms with E-state index in [0.717, 1.165) is 77.3 Å². The zero-order valence-corrected chi connectivity index (χ0v) is 82.1. The second kappa shape index (κ2) is 54.1. The fourth-order valence-corrected chi connectivity index (χ4v) is 16.7. The van der Waals surface area contributed by atoms with Crippen molar-refractivity contribution in [1.82, 2.24) is 78.1 Å². The highest BCUT2D eigenvalue weighted by Crippen LogP contribution is 2.52. The highest BCUT2D eigenvalue weighted by atomic mass is 31.2. The van der Waals surface area contributed by atoms with Crippen molar-refractivity contribution in [1.29, 1.82) is 0 Å². The zero-order chi connectivity index (χ0) is 102. The number of hydrogen-bond acceptors (Lipinski definition) is 44. The molecule has 4 unspecified atom stereocenters. The van der Waals surface area contributed by atoms with E-state index in [2.05, 4.69) is 69.3 Å². The standard InChI is InChI=1S/C23H30N5O8P.C22H30N5O8P.C21H28N5O8P.C19H24N5O8P/c1-16-6-8-17(9-7-16)12-34-37(31,35-14-33-23(30)36-18-4-2-3-5-18)15-32-11-10-28-13-25-19-20(28)26-22(24)27-21(19)29;1-15(2)10-32-22(29)33-13-35-36(30,34-11-17-6-4-16(3)5-7-17)14-31-9-8-27-12-24-18-19(27)25-21(23)26-20(18)28;1-14(2)34-21(28)31-12-33-35(29,32-10-16-6-4-15(3)5-7-16)13-30-9-8-26-11-23-17-18(26)24-20(22)25-19(17)27;1-13-3-5-14(6-4-13)9-31-33(27,32-11-30-19(26)28-2)12-29-8-7-24-10-21-15-16(24)22-18(20)23-17(15)25/h6-9,13,18H,2-5,10-12,14-15H2,1H3,(H3,24,26,27,29);4-7,12,15H,8-11,13-14H2,1-3H3,(H3,23,25,26,28);4-7,11,14H,8-10,12-13H2,1-3H3,(H3,22,24,25,27);3-6,10H,7-9,11-12H2,1-2H3,(H3,20,22,23,25). The van der Waals surface area contributed by atoms with Crippen LogP contribution in [0.1, 0.15) is 97.9 Å². The van der Waals surface area contributed by atoms with Crippen molar-refractivity contribution in [2.45, 2.75) is 146 Å². The summed E-state index contributed by atoms with van der Waals surface area (Å²) in [6.45, 7) is 13.8. The van der Waals surface area contributed by atoms with Crippen LogP contribution < -0.4 is 45.2 Å². The number of benzene rings is 4. The number of rotatable bonds is 48. The van der Waals surface area contributed by atoms with E-state index in [1.165, 1.54) is 25.3 Å². The number of aromatic nitrogens is 16. The molecular weight excluding hydrogens is 1940 g/mol. The molecule has 1 aliphatic rings. The lowest BCUT2D eigenvalue weighted by Crippen LogP contribution is -2.17. The Morgan fingerprint density at radius 1 is 0.376 bits per heavy atom. The van der Waals surface area contributed by atoms with E-state index in [-0.39, 0.29) is 150 Å². The zero-order valence-electron chi connectivity index (χ0n) is 78.5. The maximum Gasteiger partial charge on any atom is 0.510 e. The molecule has 13 rings (SSSR count). The number of nitrogens with zero attached hydrogens (tertiary/aromatic N) is 12. The van der Waals surface area contributed by atoms with Gasteiger partial charge in [-0.1, -0.05) is 133 Å². The summed E-state index contributed by atoms with van der Waals surface area (Å²) in [5, 5.41) is 0. The van der Waals surface area contributed by atoms with Crippen molar-refractivity contribution in [3.8, 4) is 0 Å². The Morgan fingerprint density at radius 2 is 0.638 bits per heavy atom. The number of anilines is 4. The van der Waals surface area contributed by atoms with Crippen LogP contribution in [0.3, 0.4) is 0 Å². The monoisotopic (exact) mass is 2050 g/mol. The number of ether oxygens (including phenoxy) is 12. The van der Waals surface area contributed by atoms with E-state index in [1.807, 2.05) is 139 Å². The molecule has 141 heavy (non-hydrogen) atoms. The molecule has 1 aliphatic carbocycles. The van der Waals surface area contributed by atoms with Crippen LogP contribution in [0, 0.1) is 33.6 Å². The lowest BCUT2D eigenvalue weighted by Gasteiger charge is -2.19. The van der Waals surface area contributed by atoms with Gasteiger partial charge in [-0.2, -0.15) is 19.9 Å². The number of nitrogens with two attached hydrogens (primary N) is 4. The van der Waals surface area contributed by atoms with Crippen LogP contribution in [0.2, 0.25) is 0 Å². The Morgan fingerprint density at radius 3 is 0.901 bits per heavy atom. The topological polar surface area (TPSA) is 680 Å². The van der Waals surface area contributed by atoms with Crippen molar-refractivity contribution < 1.29 is 130 Å². The third-order valence-corrected chi connectivity index (χ3v) is 25.5. The molecule has 0 spiro atoms. The first-order valence-electron chi connectivity index (χ1n) is 43.5. The number of imidazole rings is 4. The van der Waals surface area contributed by atoms with E-state index in [9.17, 15) is 56.6 Å². The molecule has 12 N–H and O–H groups in total. The highest BCUT2D eigenvalue weighted by Gasteiger charge is 2.32. The number of carbonyl (C=O) groups excluding carboxylic acids is 4. The molecule has 0 amide bonds. The van der Waals surface area contributed by atoms with Crippen LogP contribution in [0.15, 0.2) is 142 Å². The van der Waals surface area contributed by atoms with Gasteiger partial charge in [-0.05, 0) is 95.4 Å². The van der Waals surface area contributed by atoms with Crippen LogP contribution in [0.5, 0.6) is 0 Å². The summed E-state index contributed by atoms with van der Waals surface area (Å²) >= 11 is 0. The van der Waals surface area contributed by atoms with Gasteiger partial charge in [0.2, 0.25) is 51.0 Å². The van der Waals surface area contributed by atoms with Gasteiger partial charge in [0.25, 0.3) is 22.2 Å². The molecule has 764 valence electrons. The summed E-state index contributed by atoms with van der Waals surface area (Å²) in [5.41, 5.74) is 29.7. The average molecular weight is 2050 g/mol. The molecule has 56 heteroatoms. The number of H-pyrrole nitrogens is 4. The molecule has 52 nitrogen and oxygen atoms in total. The van der Waals surface area contributed by atoms with Crippen molar-refractivity contribution >= 4 is 123 Å². The Kier molecular flexibility index (Phi) is 42.2. The first-order valence-corrected chi connectivity index (χ1v) is 50.4. The van der Waals surface area contributed by atoms with Crippen molar-refractivity contribution in [2.75, 3.05) is 116 Å². The fourth-order valence-electron chi connectivity index (χ4n) is 12.1. The molecule has 1 fully saturated rings. The number of carbonyl (C=O) groups is 4. The van der Waals surface area contributed by atoms with Crippen LogP contribution in [-0.2, 0) is 164 Å². The van der Waals surface area contributed by atoms with Crippen molar-refractivity contribution in [3.63, 3.8) is 0 Å². The van der Waals surface area contributed by atoms with Crippen LogP contribution in [0.4, 0.5) is 43.0 Å². The van der Waals surface area contributed by atoms with Gasteiger partial charge in [-0.3, -0.25) is 75.5 Å². The van der Waals surface area contributed by atoms with Gasteiger partial charge < -0.3 is 116 Å². The SMILES string of the molecule is COC(=O)OCOP(=O)(COCCn1cnc2c(=O)[nH]c(N)nc21)OCc1ccc(C)cc1.Cc1ccc(COP(=O)(COCCn2cnc3c(=O)[nH]c(N)nc32)OCOC(=O)OC(C)C)cc1.Cc1ccc(COP(=O)(COCCn2cnc3c(=O)[nH]c(N)nc32)OCOC(=O)OC2CCCC2)cc1.Cc1ccc(COP(=O)(COCCn2cnc3c(=O)[nH]c(N)nc32)OCOC(=O)OCC(C)C)cc1. The molecular formula is C85H112N20O32P4. The molecule has 4 atom stereocenters. The third kappa shape index (κ3) is 36.6. The molecule has 4 aromatic carbocycles. The smallest absolute Gasteiger partial charge is 0.438 e. The molecule has 0 saturated heterocycles. The predicted octanol–water partition coefficient (Wildman–Crippen LogP) is 11.7. The molecule has 1 saturated carbocycles. The van der Waals surface area contributed by atoms with Gasteiger partial charge in [-0.25, -0.2) is 39.1 Å². The Hall–Kier alpha value is -13.0. The Bertz CT molecular complexity index is 6550. The second-order valence-corrected chi connectivity index (χ2v) is 39.5. The van der Waals surface area contributed by atoms with Crippen molar-refractivity contribution in [3.05, 3.63) is 208 Å². The molecule has 12 aromatic rings. The number of hydrogen-bond donors (Lipinski definition) is 8. The van der Waals surface area contributed by atoms with Gasteiger partial charge in [-0.15, -0.1) is 0 Å². The number of nitrogens with one attached hydrogen (secondary N) is 4. The highest BCUT2D eigenvalue weighted by molar-refractivity contribution is 7.54. The minimum atomic E-state index is -3.83. The lowest BCUT2D eigenvalue weighted by molar-refractivity contribution is -0.0215. The second-order valence-electron chi connectivity index (χ2n) is 31.5. The summed E-state index contributed by atoms with van der Waals surface area (Å²) in [6, 6.07) is 29.9. The summed E-state index contributed by atoms with van der Waals surface area (Å²) in [6.07, 6.45) is 3.35. The first-order chi connectivity index (χ1) is 67.4. The summed E-state index contributed by atoms with van der Waals surface area (Å²) in [7, 11) is -14.2.